The zero-order chi connectivity index (χ0) is 30.5. The van der Waals surface area contributed by atoms with Crippen molar-refractivity contribution in [3.8, 4) is 22.3 Å². The molecule has 9 heteroatoms. The molecule has 3 aromatic carbocycles. The average molecular weight is 596 g/mol. The molecule has 2 aliphatic rings. The fourth-order valence-electron chi connectivity index (χ4n) is 5.97. The van der Waals surface area contributed by atoms with E-state index in [1.165, 1.54) is 35.2 Å². The van der Waals surface area contributed by atoms with Gasteiger partial charge in [-0.05, 0) is 77.6 Å². The van der Waals surface area contributed by atoms with Crippen molar-refractivity contribution in [3.05, 3.63) is 108 Å². The van der Waals surface area contributed by atoms with Crippen molar-refractivity contribution in [2.24, 2.45) is 5.92 Å². The lowest BCUT2D eigenvalue weighted by molar-refractivity contribution is -0.120. The van der Waals surface area contributed by atoms with Crippen molar-refractivity contribution in [2.45, 2.75) is 31.4 Å². The standard InChI is InChI=1S/C35H28F3N3O3/c36-24-5-1-19(2-6-24)29-13-22(27-8-3-20(14-31(27)38)35(43)41-17-25(37)18-41)11-23-12-26(44-34(23)29)7-9-32(42)30-15-28(30)21-4-10-33(39)40-16-21/h1-6,8,10-14,16,25,28,30H,7,9,15,17-18H2,(H2,39,40). The van der Waals surface area contributed by atoms with Crippen molar-refractivity contribution in [2.75, 3.05) is 18.8 Å². The number of hydrogen-bond acceptors (Lipinski definition) is 5. The number of fused-ring (bicyclic) bond motifs is 1. The molecule has 2 unspecified atom stereocenters. The molecule has 44 heavy (non-hydrogen) atoms. The second-order valence-corrected chi connectivity index (χ2v) is 11.6. The second-order valence-electron chi connectivity index (χ2n) is 11.6. The first-order valence-electron chi connectivity index (χ1n) is 14.5. The lowest BCUT2D eigenvalue weighted by atomic mass is 9.95. The molecule has 1 amide bonds. The number of nitrogen functional groups attached to an aromatic ring is 1. The van der Waals surface area contributed by atoms with Crippen LogP contribution < -0.4 is 5.73 Å². The summed E-state index contributed by atoms with van der Waals surface area (Å²) in [6.45, 7) is 0.0191. The molecule has 5 aromatic rings. The van der Waals surface area contributed by atoms with Gasteiger partial charge in [0.1, 0.15) is 40.8 Å². The van der Waals surface area contributed by atoms with Crippen LogP contribution in [0.4, 0.5) is 19.0 Å². The maximum Gasteiger partial charge on any atom is 0.254 e. The highest BCUT2D eigenvalue weighted by molar-refractivity contribution is 5.98. The van der Waals surface area contributed by atoms with E-state index in [-0.39, 0.29) is 47.7 Å². The zero-order valence-electron chi connectivity index (χ0n) is 23.6. The molecule has 1 aliphatic heterocycles. The molecule has 0 bridgehead atoms. The number of alkyl halides is 1. The van der Waals surface area contributed by atoms with Gasteiger partial charge in [0.2, 0.25) is 0 Å². The van der Waals surface area contributed by atoms with Crippen LogP contribution in [0.3, 0.4) is 0 Å². The lowest BCUT2D eigenvalue weighted by Gasteiger charge is -2.34. The first kappa shape index (κ1) is 27.9. The summed E-state index contributed by atoms with van der Waals surface area (Å²) in [5.41, 5.74) is 9.52. The Labute approximate surface area is 251 Å². The Bertz CT molecular complexity index is 1900. The Morgan fingerprint density at radius 3 is 2.43 bits per heavy atom. The molecule has 2 N–H and O–H groups in total. The number of aromatic nitrogens is 1. The number of nitrogens with zero attached hydrogens (tertiary/aromatic N) is 2. The van der Waals surface area contributed by atoms with E-state index in [2.05, 4.69) is 4.98 Å². The summed E-state index contributed by atoms with van der Waals surface area (Å²) in [5.74, 6) is -0.0810. The van der Waals surface area contributed by atoms with E-state index in [0.717, 1.165) is 12.0 Å². The predicted octanol–water partition coefficient (Wildman–Crippen LogP) is 7.12. The van der Waals surface area contributed by atoms with Crippen molar-refractivity contribution < 1.29 is 27.2 Å². The van der Waals surface area contributed by atoms with Crippen LogP contribution in [0.2, 0.25) is 0 Å². The number of rotatable bonds is 8. The van der Waals surface area contributed by atoms with Gasteiger partial charge in [-0.2, -0.15) is 0 Å². The fourth-order valence-corrected chi connectivity index (χ4v) is 5.97. The lowest BCUT2D eigenvalue weighted by Crippen LogP contribution is -2.51. The highest BCUT2D eigenvalue weighted by atomic mass is 19.1. The first-order chi connectivity index (χ1) is 21.2. The molecule has 222 valence electrons. The van der Waals surface area contributed by atoms with Crippen LogP contribution in [0.25, 0.3) is 33.2 Å². The van der Waals surface area contributed by atoms with Gasteiger partial charge in [0.25, 0.3) is 5.91 Å². The highest BCUT2D eigenvalue weighted by Crippen LogP contribution is 2.48. The van der Waals surface area contributed by atoms with E-state index in [0.29, 0.717) is 52.1 Å². The minimum absolute atomic E-state index is 0.00954. The number of carbonyl (C=O) groups is 2. The van der Waals surface area contributed by atoms with Gasteiger partial charge in [-0.1, -0.05) is 24.3 Å². The summed E-state index contributed by atoms with van der Waals surface area (Å²) in [7, 11) is 0. The van der Waals surface area contributed by atoms with E-state index in [1.54, 1.807) is 36.5 Å². The minimum Gasteiger partial charge on any atom is -0.460 e. The van der Waals surface area contributed by atoms with Gasteiger partial charge in [-0.25, -0.2) is 18.2 Å². The van der Waals surface area contributed by atoms with Crippen LogP contribution in [0.5, 0.6) is 0 Å². The summed E-state index contributed by atoms with van der Waals surface area (Å²) in [5, 5.41) is 0.704. The summed E-state index contributed by atoms with van der Waals surface area (Å²) in [6, 6.07) is 19.3. The summed E-state index contributed by atoms with van der Waals surface area (Å²) in [4.78, 5) is 31.1. The minimum atomic E-state index is -1.05. The molecule has 1 saturated carbocycles. The van der Waals surface area contributed by atoms with Crippen LogP contribution in [0, 0.1) is 17.6 Å². The van der Waals surface area contributed by atoms with E-state index >= 15 is 4.39 Å². The number of pyridine rings is 1. The maximum absolute atomic E-state index is 15.5. The normalized spacial score (nSPS) is 17.9. The van der Waals surface area contributed by atoms with Crippen molar-refractivity contribution in [3.63, 3.8) is 0 Å². The largest absolute Gasteiger partial charge is 0.460 e. The number of carbonyl (C=O) groups excluding carboxylic acids is 2. The molecular weight excluding hydrogens is 567 g/mol. The summed E-state index contributed by atoms with van der Waals surface area (Å²) >= 11 is 0. The second kappa shape index (κ2) is 11.0. The number of likely N-dealkylation sites (tertiary alicyclic amines) is 1. The van der Waals surface area contributed by atoms with Gasteiger partial charge in [0.15, 0.2) is 0 Å². The summed E-state index contributed by atoms with van der Waals surface area (Å²) in [6.07, 6.45) is 2.17. The number of hydrogen-bond donors (Lipinski definition) is 1. The number of Topliss-reactive ketones (excluding diaryl/α,β-unsaturated/α-hetero) is 1. The van der Waals surface area contributed by atoms with Crippen LogP contribution in [-0.2, 0) is 11.2 Å². The SMILES string of the molecule is Nc1ccc(C2CC2C(=O)CCc2cc3cc(-c4ccc(C(=O)N5CC(F)C5)cc4F)cc(-c4ccc(F)cc4)c3o2)cn1. The first-order valence-corrected chi connectivity index (χ1v) is 14.5. The van der Waals surface area contributed by atoms with E-state index < -0.39 is 17.9 Å². The van der Waals surface area contributed by atoms with E-state index in [9.17, 15) is 18.4 Å². The van der Waals surface area contributed by atoms with E-state index in [1.807, 2.05) is 12.1 Å². The zero-order valence-corrected chi connectivity index (χ0v) is 23.6. The molecule has 7 rings (SSSR count). The van der Waals surface area contributed by atoms with Crippen molar-refractivity contribution in [1.82, 2.24) is 9.88 Å². The molecule has 2 fully saturated rings. The molecule has 1 saturated heterocycles. The molecule has 6 nitrogen and oxygen atoms in total. The highest BCUT2D eigenvalue weighted by Gasteiger charge is 2.43. The Morgan fingerprint density at radius 2 is 1.73 bits per heavy atom. The topological polar surface area (TPSA) is 89.4 Å². The van der Waals surface area contributed by atoms with Crippen molar-refractivity contribution in [1.29, 1.82) is 0 Å². The maximum atomic E-state index is 15.5. The number of halogens is 3. The third kappa shape index (κ3) is 5.34. The van der Waals surface area contributed by atoms with Gasteiger partial charge in [-0.3, -0.25) is 9.59 Å². The monoisotopic (exact) mass is 595 g/mol. The van der Waals surface area contributed by atoms with Crippen LogP contribution in [0.15, 0.2) is 83.4 Å². The Balaban J connectivity index is 1.16. The number of aryl methyl sites for hydroxylation is 1. The predicted molar refractivity (Wildman–Crippen MR) is 161 cm³/mol. The smallest absolute Gasteiger partial charge is 0.254 e. The van der Waals surface area contributed by atoms with Crippen LogP contribution in [-0.4, -0.2) is 40.8 Å². The van der Waals surface area contributed by atoms with Gasteiger partial charge < -0.3 is 15.1 Å². The Kier molecular flexibility index (Phi) is 6.95. The molecule has 3 heterocycles. The Morgan fingerprint density at radius 1 is 0.932 bits per heavy atom. The third-order valence-electron chi connectivity index (χ3n) is 8.53. The molecule has 2 atom stereocenters. The van der Waals surface area contributed by atoms with Crippen LogP contribution >= 0.6 is 0 Å². The third-order valence-corrected chi connectivity index (χ3v) is 8.53. The molecule has 1 aliphatic carbocycles. The van der Waals surface area contributed by atoms with Crippen molar-refractivity contribution >= 4 is 28.5 Å². The van der Waals surface area contributed by atoms with Gasteiger partial charge >= 0.3 is 0 Å². The number of nitrogens with two attached hydrogens (primary N) is 1. The number of furan rings is 1. The number of ketones is 1. The molecule has 0 spiro atoms. The summed E-state index contributed by atoms with van der Waals surface area (Å²) < 4.78 is 48.7. The van der Waals surface area contributed by atoms with Gasteiger partial charge in [0.05, 0.1) is 13.1 Å². The number of amides is 1. The molecule has 0 radical (unpaired) electrons. The van der Waals surface area contributed by atoms with E-state index in [4.69, 9.17) is 10.2 Å². The average Bonchev–Trinajstić information content (AvgIpc) is 3.70. The Hall–Kier alpha value is -4.92. The number of benzene rings is 3. The van der Waals surface area contributed by atoms with Gasteiger partial charge in [0, 0.05) is 47.0 Å². The van der Waals surface area contributed by atoms with Crippen LogP contribution in [0.1, 0.15) is 40.4 Å². The molecular formula is C35H28F3N3O3. The quantitative estimate of drug-likeness (QED) is 0.206. The fraction of sp³-hybridized carbons (Fsp3) is 0.229. The van der Waals surface area contributed by atoms with Gasteiger partial charge in [-0.15, -0.1) is 0 Å². The number of anilines is 1. The molecule has 2 aromatic heterocycles.